The number of rotatable bonds is 9. The van der Waals surface area contributed by atoms with Crippen LogP contribution in [0.3, 0.4) is 0 Å². The van der Waals surface area contributed by atoms with Crippen LogP contribution in [0.5, 0.6) is 0 Å². The molecular weight excluding hydrogens is 845 g/mol. The van der Waals surface area contributed by atoms with Gasteiger partial charge in [-0.3, -0.25) is 0 Å². The molecule has 0 aliphatic rings. The van der Waals surface area contributed by atoms with Crippen LogP contribution in [-0.2, 0) is 0 Å². The topological polar surface area (TPSA) is 8.17 Å². The van der Waals surface area contributed by atoms with Crippen LogP contribution in [0.15, 0.2) is 279 Å². The van der Waals surface area contributed by atoms with Gasteiger partial charge >= 0.3 is 0 Å². The summed E-state index contributed by atoms with van der Waals surface area (Å²) in [7, 11) is 0. The molecule has 1 heterocycles. The summed E-state index contributed by atoms with van der Waals surface area (Å²) in [5.74, 6) is 0. The monoisotopic (exact) mass is 890 g/mol. The zero-order valence-corrected chi connectivity index (χ0v) is 38.5. The quantitative estimate of drug-likeness (QED) is 0.140. The van der Waals surface area contributed by atoms with E-state index in [-0.39, 0.29) is 0 Å². The van der Waals surface area contributed by atoms with Gasteiger partial charge in [0.1, 0.15) is 0 Å². The van der Waals surface area contributed by atoms with E-state index in [0.717, 1.165) is 45.0 Å². The lowest BCUT2D eigenvalue weighted by Crippen LogP contribution is -2.10. The van der Waals surface area contributed by atoms with Gasteiger partial charge in [0.25, 0.3) is 0 Å². The van der Waals surface area contributed by atoms with Crippen molar-refractivity contribution < 1.29 is 0 Å². The molecule has 13 rings (SSSR count). The highest BCUT2D eigenvalue weighted by atomic mass is 15.1. The molecule has 0 atom stereocenters. The maximum atomic E-state index is 2.41. The first-order chi connectivity index (χ1) is 34.7. The van der Waals surface area contributed by atoms with Gasteiger partial charge in [-0.2, -0.15) is 0 Å². The van der Waals surface area contributed by atoms with E-state index in [1.54, 1.807) is 0 Å². The summed E-state index contributed by atoms with van der Waals surface area (Å²) in [5.41, 5.74) is 18.5. The number of hydrogen-bond acceptors (Lipinski definition) is 1. The predicted molar refractivity (Wildman–Crippen MR) is 298 cm³/mol. The summed E-state index contributed by atoms with van der Waals surface area (Å²) in [5, 5.41) is 7.48. The molecule has 0 spiro atoms. The van der Waals surface area contributed by atoms with Crippen molar-refractivity contribution in [3.63, 3.8) is 0 Å². The van der Waals surface area contributed by atoms with Gasteiger partial charge < -0.3 is 9.47 Å². The minimum atomic E-state index is 1.07. The average Bonchev–Trinajstić information content (AvgIpc) is 3.78. The Morgan fingerprint density at radius 3 is 1.27 bits per heavy atom. The number of fused-ring (bicyclic) bond motifs is 5. The van der Waals surface area contributed by atoms with Crippen LogP contribution in [0.25, 0.3) is 105 Å². The largest absolute Gasteiger partial charge is 0.310 e. The van der Waals surface area contributed by atoms with Gasteiger partial charge in [0, 0.05) is 33.5 Å². The van der Waals surface area contributed by atoms with Gasteiger partial charge in [-0.1, -0.05) is 212 Å². The smallest absolute Gasteiger partial charge is 0.0541 e. The molecule has 2 heteroatoms. The van der Waals surface area contributed by atoms with Crippen molar-refractivity contribution in [3.05, 3.63) is 279 Å². The van der Waals surface area contributed by atoms with Crippen LogP contribution in [0.4, 0.5) is 17.1 Å². The molecule has 0 unspecified atom stereocenters. The fourth-order valence-corrected chi connectivity index (χ4v) is 10.7. The molecule has 12 aromatic carbocycles. The first-order valence-electron chi connectivity index (χ1n) is 24.1. The summed E-state index contributed by atoms with van der Waals surface area (Å²) in [4.78, 5) is 2.41. The van der Waals surface area contributed by atoms with E-state index in [1.165, 1.54) is 76.7 Å². The van der Waals surface area contributed by atoms with Crippen molar-refractivity contribution in [2.45, 2.75) is 0 Å². The lowest BCUT2D eigenvalue weighted by Gasteiger charge is -2.27. The molecule has 0 radical (unpaired) electrons. The maximum absolute atomic E-state index is 2.41. The Kier molecular flexibility index (Phi) is 10.2. The Labute approximate surface area is 408 Å². The second-order valence-electron chi connectivity index (χ2n) is 18.1. The zero-order chi connectivity index (χ0) is 46.4. The van der Waals surface area contributed by atoms with Gasteiger partial charge in [-0.25, -0.2) is 0 Å². The van der Waals surface area contributed by atoms with Crippen molar-refractivity contribution in [2.75, 3.05) is 4.90 Å². The SMILES string of the molecule is c1ccc(-c2cccc(-c3cc(N(c4ccc(-c5cccc6ccccc56)cc4)c4ccc(-c5cccc6ccccc56)cc4)ccc3-c3cccc(-n4c5ccccc5c5ccccc54)c3)c2)cc1. The molecule has 328 valence electrons. The van der Waals surface area contributed by atoms with Crippen LogP contribution in [0, 0.1) is 0 Å². The number of benzene rings is 12. The van der Waals surface area contributed by atoms with Gasteiger partial charge in [-0.05, 0) is 144 Å². The third-order valence-corrected chi connectivity index (χ3v) is 14.0. The van der Waals surface area contributed by atoms with E-state index in [4.69, 9.17) is 0 Å². The van der Waals surface area contributed by atoms with Crippen LogP contribution in [0.1, 0.15) is 0 Å². The highest BCUT2D eigenvalue weighted by molar-refractivity contribution is 6.09. The van der Waals surface area contributed by atoms with Crippen molar-refractivity contribution in [2.24, 2.45) is 0 Å². The van der Waals surface area contributed by atoms with E-state index < -0.39 is 0 Å². The molecular formula is C68H46N2. The Morgan fingerprint density at radius 2 is 0.671 bits per heavy atom. The van der Waals surface area contributed by atoms with Crippen molar-refractivity contribution >= 4 is 60.4 Å². The van der Waals surface area contributed by atoms with E-state index in [0.29, 0.717) is 0 Å². The molecule has 0 bridgehead atoms. The minimum Gasteiger partial charge on any atom is -0.310 e. The molecule has 0 amide bonds. The summed E-state index contributed by atoms with van der Waals surface area (Å²) in [6.45, 7) is 0. The predicted octanol–water partition coefficient (Wildman–Crippen LogP) is 18.9. The summed E-state index contributed by atoms with van der Waals surface area (Å²) in [6, 6.07) is 102. The van der Waals surface area contributed by atoms with Crippen LogP contribution >= 0.6 is 0 Å². The van der Waals surface area contributed by atoms with Crippen molar-refractivity contribution in [3.8, 4) is 61.3 Å². The molecule has 2 nitrogen and oxygen atoms in total. The highest BCUT2D eigenvalue weighted by Gasteiger charge is 2.19. The van der Waals surface area contributed by atoms with Crippen LogP contribution in [-0.4, -0.2) is 4.57 Å². The fraction of sp³-hybridized carbons (Fsp3) is 0. The third kappa shape index (κ3) is 7.31. The molecule has 0 N–H and O–H groups in total. The summed E-state index contributed by atoms with van der Waals surface area (Å²) in [6.07, 6.45) is 0. The molecule has 0 saturated carbocycles. The number of aromatic nitrogens is 1. The van der Waals surface area contributed by atoms with Gasteiger partial charge in [0.2, 0.25) is 0 Å². The third-order valence-electron chi connectivity index (χ3n) is 14.0. The van der Waals surface area contributed by atoms with Gasteiger partial charge in [0.05, 0.1) is 11.0 Å². The minimum absolute atomic E-state index is 1.07. The Balaban J connectivity index is 0.989. The number of nitrogens with zero attached hydrogens (tertiary/aromatic N) is 2. The fourth-order valence-electron chi connectivity index (χ4n) is 10.7. The molecule has 1 aromatic heterocycles. The Bertz CT molecular complexity index is 3860. The van der Waals surface area contributed by atoms with Gasteiger partial charge in [-0.15, -0.1) is 0 Å². The number of anilines is 3. The van der Waals surface area contributed by atoms with Crippen LogP contribution < -0.4 is 4.90 Å². The summed E-state index contributed by atoms with van der Waals surface area (Å²) >= 11 is 0. The van der Waals surface area contributed by atoms with Crippen molar-refractivity contribution in [1.29, 1.82) is 0 Å². The molecule has 0 aliphatic heterocycles. The van der Waals surface area contributed by atoms with Crippen LogP contribution in [0.2, 0.25) is 0 Å². The maximum Gasteiger partial charge on any atom is 0.0541 e. The molecule has 13 aromatic rings. The second kappa shape index (κ2) is 17.4. The molecule has 0 saturated heterocycles. The highest BCUT2D eigenvalue weighted by Crippen LogP contribution is 2.44. The second-order valence-corrected chi connectivity index (χ2v) is 18.1. The number of para-hydroxylation sites is 2. The molecule has 70 heavy (non-hydrogen) atoms. The Hall–Kier alpha value is -9.24. The van der Waals surface area contributed by atoms with E-state index in [2.05, 4.69) is 289 Å². The molecule has 0 aliphatic carbocycles. The lowest BCUT2D eigenvalue weighted by atomic mass is 9.91. The summed E-state index contributed by atoms with van der Waals surface area (Å²) < 4.78 is 2.41. The van der Waals surface area contributed by atoms with Gasteiger partial charge in [0.15, 0.2) is 0 Å². The van der Waals surface area contributed by atoms with E-state index in [1.807, 2.05) is 0 Å². The number of hydrogen-bond donors (Lipinski definition) is 0. The first-order valence-corrected chi connectivity index (χ1v) is 24.1. The van der Waals surface area contributed by atoms with E-state index >= 15 is 0 Å². The normalized spacial score (nSPS) is 11.4. The first kappa shape index (κ1) is 41.0. The lowest BCUT2D eigenvalue weighted by molar-refractivity contribution is 1.18. The van der Waals surface area contributed by atoms with E-state index in [9.17, 15) is 0 Å². The molecule has 0 fully saturated rings. The zero-order valence-electron chi connectivity index (χ0n) is 38.5. The van der Waals surface area contributed by atoms with Crippen molar-refractivity contribution in [1.82, 2.24) is 4.57 Å². The standard InChI is InChI=1S/C68H46N2/c1-2-16-47(17-3-1)52-22-12-23-53(44-52)66-46-58(42-43-63(66)54-24-13-25-57(45-54)70-67-32-10-8-28-64(67)65-29-9-11-33-68(65)70)69(55-38-34-50(35-39-55)61-30-14-20-48-18-4-6-26-59(48)61)56-40-36-51(37-41-56)62-31-15-21-49-19-5-7-27-60(49)62/h1-46H. The average molecular weight is 891 g/mol. The Morgan fingerprint density at radius 1 is 0.229 bits per heavy atom.